The molecule has 2 amide bonds. The first-order valence-electron chi connectivity index (χ1n) is 10.8. The summed E-state index contributed by atoms with van der Waals surface area (Å²) in [5.41, 5.74) is -0.550. The molecule has 1 aliphatic rings. The van der Waals surface area contributed by atoms with E-state index in [1.807, 2.05) is 0 Å². The van der Waals surface area contributed by atoms with Gasteiger partial charge in [0.15, 0.2) is 5.69 Å². The average molecular weight is 445 g/mol. The van der Waals surface area contributed by atoms with Gasteiger partial charge in [0.25, 0.3) is 5.91 Å². The van der Waals surface area contributed by atoms with E-state index in [1.54, 1.807) is 26.0 Å². The van der Waals surface area contributed by atoms with Crippen molar-refractivity contribution >= 4 is 17.8 Å². The maximum Gasteiger partial charge on any atom is 0.358 e. The first-order valence-corrected chi connectivity index (χ1v) is 10.8. The van der Waals surface area contributed by atoms with Crippen molar-refractivity contribution in [2.75, 3.05) is 13.2 Å². The largest absolute Gasteiger partial charge is 0.461 e. The van der Waals surface area contributed by atoms with E-state index in [0.29, 0.717) is 18.0 Å². The van der Waals surface area contributed by atoms with E-state index in [0.717, 1.165) is 6.42 Å². The topological polar surface area (TPSA) is 93.5 Å². The van der Waals surface area contributed by atoms with Crippen LogP contribution in [-0.4, -0.2) is 51.2 Å². The molecule has 9 heteroatoms. The molecular formula is C23H29FN4O4. The maximum atomic E-state index is 13.8. The minimum Gasteiger partial charge on any atom is -0.461 e. The summed E-state index contributed by atoms with van der Waals surface area (Å²) in [7, 11) is 0. The minimum absolute atomic E-state index is 0.00497. The van der Waals surface area contributed by atoms with Gasteiger partial charge in [0.1, 0.15) is 17.1 Å². The highest BCUT2D eigenvalue weighted by Crippen LogP contribution is 2.29. The summed E-state index contributed by atoms with van der Waals surface area (Å²) in [5, 5.41) is 7.13. The summed E-state index contributed by atoms with van der Waals surface area (Å²) < 4.78 is 20.1. The summed E-state index contributed by atoms with van der Waals surface area (Å²) >= 11 is 0. The van der Waals surface area contributed by atoms with Crippen LogP contribution in [0.25, 0.3) is 0 Å². The minimum atomic E-state index is -1.29. The molecule has 0 radical (unpaired) electrons. The van der Waals surface area contributed by atoms with Crippen LogP contribution in [0.4, 0.5) is 4.39 Å². The van der Waals surface area contributed by atoms with Gasteiger partial charge in [-0.05, 0) is 43.9 Å². The number of nitrogens with zero attached hydrogens (tertiary/aromatic N) is 3. The van der Waals surface area contributed by atoms with E-state index >= 15 is 0 Å². The second-order valence-corrected chi connectivity index (χ2v) is 8.53. The van der Waals surface area contributed by atoms with E-state index in [9.17, 15) is 18.8 Å². The van der Waals surface area contributed by atoms with Gasteiger partial charge in [-0.3, -0.25) is 14.3 Å². The van der Waals surface area contributed by atoms with Crippen LogP contribution in [0.5, 0.6) is 0 Å². The van der Waals surface area contributed by atoms with Gasteiger partial charge in [0.05, 0.1) is 13.2 Å². The smallest absolute Gasteiger partial charge is 0.358 e. The number of esters is 1. The first-order chi connectivity index (χ1) is 15.2. The lowest BCUT2D eigenvalue weighted by molar-refractivity contribution is -0.133. The number of carbonyl (C=O) groups excluding carboxylic acids is 3. The van der Waals surface area contributed by atoms with Crippen LogP contribution in [0, 0.1) is 11.7 Å². The predicted molar refractivity (Wildman–Crippen MR) is 115 cm³/mol. The Morgan fingerprint density at radius 1 is 1.31 bits per heavy atom. The van der Waals surface area contributed by atoms with Crippen molar-refractivity contribution in [3.63, 3.8) is 0 Å². The average Bonchev–Trinajstić information content (AvgIpc) is 3.15. The van der Waals surface area contributed by atoms with Gasteiger partial charge < -0.3 is 15.0 Å². The van der Waals surface area contributed by atoms with Crippen LogP contribution in [-0.2, 0) is 22.6 Å². The number of halogens is 1. The van der Waals surface area contributed by atoms with Crippen molar-refractivity contribution < 1.29 is 23.5 Å². The molecule has 172 valence electrons. The fraction of sp³-hybridized carbons (Fsp3) is 0.478. The van der Waals surface area contributed by atoms with Gasteiger partial charge in [0, 0.05) is 19.2 Å². The van der Waals surface area contributed by atoms with Crippen molar-refractivity contribution in [3.05, 3.63) is 53.1 Å². The van der Waals surface area contributed by atoms with Crippen LogP contribution in [0.3, 0.4) is 0 Å². The number of nitrogens with one attached hydrogen (secondary N) is 1. The molecule has 2 aromatic rings. The van der Waals surface area contributed by atoms with Crippen LogP contribution in [0.15, 0.2) is 30.3 Å². The van der Waals surface area contributed by atoms with Gasteiger partial charge in [-0.25, -0.2) is 9.18 Å². The van der Waals surface area contributed by atoms with Crippen LogP contribution in [0.2, 0.25) is 0 Å². The Morgan fingerprint density at radius 3 is 2.72 bits per heavy atom. The predicted octanol–water partition coefficient (Wildman–Crippen LogP) is 2.78. The Labute approximate surface area is 186 Å². The maximum absolute atomic E-state index is 13.8. The summed E-state index contributed by atoms with van der Waals surface area (Å²) in [6.07, 6.45) is 0.791. The molecule has 1 aliphatic heterocycles. The summed E-state index contributed by atoms with van der Waals surface area (Å²) in [6, 6.07) is 7.28. The summed E-state index contributed by atoms with van der Waals surface area (Å²) in [5.74, 6) is -1.46. The number of benzene rings is 1. The number of aromatic nitrogens is 2. The van der Waals surface area contributed by atoms with Gasteiger partial charge in [-0.15, -0.1) is 0 Å². The van der Waals surface area contributed by atoms with E-state index in [1.165, 1.54) is 27.8 Å². The Morgan fingerprint density at radius 2 is 2.06 bits per heavy atom. The fourth-order valence-electron chi connectivity index (χ4n) is 3.68. The molecule has 8 nitrogen and oxygen atoms in total. The second-order valence-electron chi connectivity index (χ2n) is 8.53. The van der Waals surface area contributed by atoms with Crippen molar-refractivity contribution in [1.82, 2.24) is 20.0 Å². The molecule has 1 N–H and O–H groups in total. The van der Waals surface area contributed by atoms with Gasteiger partial charge in [-0.2, -0.15) is 5.10 Å². The van der Waals surface area contributed by atoms with Crippen molar-refractivity contribution in [1.29, 1.82) is 0 Å². The zero-order chi connectivity index (χ0) is 23.5. The lowest BCUT2D eigenvalue weighted by atomic mass is 9.94. The highest BCUT2D eigenvalue weighted by molar-refractivity contribution is 6.01. The molecule has 0 bridgehead atoms. The molecule has 0 saturated heterocycles. The van der Waals surface area contributed by atoms with E-state index in [4.69, 9.17) is 4.74 Å². The Kier molecular flexibility index (Phi) is 6.96. The molecular weight excluding hydrogens is 415 g/mol. The van der Waals surface area contributed by atoms with Gasteiger partial charge >= 0.3 is 5.97 Å². The van der Waals surface area contributed by atoms with Crippen molar-refractivity contribution in [2.24, 2.45) is 5.92 Å². The molecule has 0 spiro atoms. The number of hydrogen-bond acceptors (Lipinski definition) is 5. The van der Waals surface area contributed by atoms with Crippen molar-refractivity contribution in [3.8, 4) is 0 Å². The third-order valence-corrected chi connectivity index (χ3v) is 5.51. The zero-order valence-corrected chi connectivity index (χ0v) is 18.9. The molecule has 1 atom stereocenters. The third-order valence-electron chi connectivity index (χ3n) is 5.51. The summed E-state index contributed by atoms with van der Waals surface area (Å²) in [4.78, 5) is 40.2. The van der Waals surface area contributed by atoms with Crippen molar-refractivity contribution in [2.45, 2.75) is 52.7 Å². The Balaban J connectivity index is 1.97. The SMILES string of the molecule is CCOC(=O)c1cc2n(n1)C[C@](C)(C(=O)NCCC(C)C)N(Cc1cccc(F)c1)C2=O. The normalized spacial score (nSPS) is 17.9. The van der Waals surface area contributed by atoms with E-state index in [-0.39, 0.29) is 37.0 Å². The first kappa shape index (κ1) is 23.4. The molecule has 32 heavy (non-hydrogen) atoms. The zero-order valence-electron chi connectivity index (χ0n) is 18.9. The Hall–Kier alpha value is -3.23. The Bertz CT molecular complexity index is 1020. The summed E-state index contributed by atoms with van der Waals surface area (Å²) in [6.45, 7) is 8.18. The third kappa shape index (κ3) is 4.81. The van der Waals surface area contributed by atoms with Gasteiger partial charge in [-0.1, -0.05) is 26.0 Å². The molecule has 1 aromatic heterocycles. The number of hydrogen-bond donors (Lipinski definition) is 1. The molecule has 2 heterocycles. The van der Waals surface area contributed by atoms with Gasteiger partial charge in [0.2, 0.25) is 5.91 Å². The number of amides is 2. The standard InChI is InChI=1S/C23H29FN4O4/c1-5-32-21(30)18-12-19-20(29)27(13-16-7-6-8-17(24)11-16)23(4,14-28(19)26-18)22(31)25-10-9-15(2)3/h6-8,11-12,15H,5,9-10,13-14H2,1-4H3,(H,25,31)/t23-/m1/s1. The van der Waals surface area contributed by atoms with Crippen LogP contribution in [0.1, 0.15) is 60.7 Å². The number of fused-ring (bicyclic) bond motifs is 1. The highest BCUT2D eigenvalue weighted by atomic mass is 19.1. The van der Waals surface area contributed by atoms with Crippen LogP contribution >= 0.6 is 0 Å². The molecule has 0 unspecified atom stereocenters. The highest BCUT2D eigenvalue weighted by Gasteiger charge is 2.48. The van der Waals surface area contributed by atoms with E-state index < -0.39 is 23.2 Å². The van der Waals surface area contributed by atoms with Crippen LogP contribution < -0.4 is 5.32 Å². The molecule has 0 saturated carbocycles. The molecule has 0 fully saturated rings. The number of ether oxygens (including phenoxy) is 1. The quantitative estimate of drug-likeness (QED) is 0.632. The molecule has 3 rings (SSSR count). The number of carbonyl (C=O) groups is 3. The van der Waals surface area contributed by atoms with E-state index in [2.05, 4.69) is 24.3 Å². The fourth-order valence-corrected chi connectivity index (χ4v) is 3.68. The second kappa shape index (κ2) is 9.50. The molecule has 0 aliphatic carbocycles. The number of rotatable bonds is 8. The lowest BCUT2D eigenvalue weighted by Crippen LogP contribution is -2.63. The molecule has 1 aromatic carbocycles. The lowest BCUT2D eigenvalue weighted by Gasteiger charge is -2.43. The monoisotopic (exact) mass is 444 g/mol.